The van der Waals surface area contributed by atoms with Crippen LogP contribution in [0.15, 0.2) is 24.4 Å². The number of thiazole rings is 1. The summed E-state index contributed by atoms with van der Waals surface area (Å²) in [5.74, 6) is -1.90. The van der Waals surface area contributed by atoms with Crippen LogP contribution in [-0.2, 0) is 14.3 Å². The molecule has 0 spiro atoms. The molecule has 1 saturated carbocycles. The molecule has 0 radical (unpaired) electrons. The first-order chi connectivity index (χ1) is 14.4. The Labute approximate surface area is 188 Å². The van der Waals surface area contributed by atoms with Crippen molar-refractivity contribution >= 4 is 57.3 Å². The molecular weight excluding hydrogens is 447 g/mol. The number of ketones is 1. The van der Waals surface area contributed by atoms with E-state index in [1.807, 2.05) is 6.07 Å². The summed E-state index contributed by atoms with van der Waals surface area (Å²) in [4.78, 5) is 41.0. The molecule has 1 atom stereocenters. The minimum Gasteiger partial charge on any atom is -0.460 e. The second-order valence-corrected chi connectivity index (χ2v) is 9.03. The molecule has 1 aliphatic rings. The first-order valence-electron chi connectivity index (χ1n) is 9.82. The number of esters is 1. The maximum atomic E-state index is 13.1. The summed E-state index contributed by atoms with van der Waals surface area (Å²) < 4.78 is 4.72. The number of nitrogens with zero attached hydrogens (tertiary/aromatic N) is 1. The highest BCUT2D eigenvalue weighted by atomic mass is 35.5. The lowest BCUT2D eigenvalue weighted by Crippen LogP contribution is -2.23. The van der Waals surface area contributed by atoms with Gasteiger partial charge in [-0.3, -0.25) is 9.59 Å². The molecule has 1 aromatic heterocycles. The standard InChI is InChI=1S/C21H22Cl2N2O4S/c1-2-29-20(28)18(26)17-11-24-21(30-17)25-19(27)14(9-12-5-3-4-6-12)13-7-8-15(22)16(23)10-13/h7-8,10-12,14H,2-6,9H2,1H3,(H,24,25,27). The Hall–Kier alpha value is -1.96. The van der Waals surface area contributed by atoms with Crippen LogP contribution in [0.25, 0.3) is 0 Å². The first kappa shape index (κ1) is 22.7. The molecular formula is C21H22Cl2N2O4S. The summed E-state index contributed by atoms with van der Waals surface area (Å²) in [6.07, 6.45) is 6.51. The van der Waals surface area contributed by atoms with Crippen molar-refractivity contribution in [1.29, 1.82) is 0 Å². The van der Waals surface area contributed by atoms with Crippen LogP contribution in [0.4, 0.5) is 5.13 Å². The van der Waals surface area contributed by atoms with Gasteiger partial charge in [-0.2, -0.15) is 0 Å². The molecule has 30 heavy (non-hydrogen) atoms. The normalized spacial score (nSPS) is 15.0. The van der Waals surface area contributed by atoms with Gasteiger partial charge in [0.05, 0.1) is 28.8 Å². The fourth-order valence-electron chi connectivity index (χ4n) is 3.63. The Morgan fingerprint density at radius 3 is 2.63 bits per heavy atom. The van der Waals surface area contributed by atoms with Gasteiger partial charge in [-0.1, -0.05) is 66.3 Å². The Morgan fingerprint density at radius 1 is 1.23 bits per heavy atom. The van der Waals surface area contributed by atoms with E-state index in [0.29, 0.717) is 22.4 Å². The van der Waals surface area contributed by atoms with Gasteiger partial charge in [0.15, 0.2) is 5.13 Å². The summed E-state index contributed by atoms with van der Waals surface area (Å²) in [6, 6.07) is 5.22. The molecule has 1 fully saturated rings. The van der Waals surface area contributed by atoms with E-state index in [9.17, 15) is 14.4 Å². The molecule has 1 aliphatic carbocycles. The number of carbonyl (C=O) groups excluding carboxylic acids is 3. The van der Waals surface area contributed by atoms with Crippen molar-refractivity contribution in [2.24, 2.45) is 5.92 Å². The zero-order chi connectivity index (χ0) is 21.7. The number of ether oxygens (including phenoxy) is 1. The molecule has 2 aromatic rings. The van der Waals surface area contributed by atoms with Gasteiger partial charge in [-0.15, -0.1) is 0 Å². The molecule has 160 valence electrons. The molecule has 1 aromatic carbocycles. The average Bonchev–Trinajstić information content (AvgIpc) is 3.40. The average molecular weight is 469 g/mol. The lowest BCUT2D eigenvalue weighted by atomic mass is 9.87. The van der Waals surface area contributed by atoms with Gasteiger partial charge >= 0.3 is 5.97 Å². The minimum atomic E-state index is -0.936. The lowest BCUT2D eigenvalue weighted by Gasteiger charge is -2.20. The monoisotopic (exact) mass is 468 g/mol. The number of carbonyl (C=O) groups is 3. The van der Waals surface area contributed by atoms with Crippen LogP contribution in [0, 0.1) is 5.92 Å². The fourth-order valence-corrected chi connectivity index (χ4v) is 4.68. The van der Waals surface area contributed by atoms with Gasteiger partial charge in [0, 0.05) is 0 Å². The third kappa shape index (κ3) is 5.59. The smallest absolute Gasteiger partial charge is 0.380 e. The van der Waals surface area contributed by atoms with Crippen LogP contribution in [-0.4, -0.2) is 29.3 Å². The van der Waals surface area contributed by atoms with Gasteiger partial charge in [0.2, 0.25) is 5.91 Å². The van der Waals surface area contributed by atoms with Crippen LogP contribution in [0.5, 0.6) is 0 Å². The van der Waals surface area contributed by atoms with Crippen LogP contribution in [0.3, 0.4) is 0 Å². The number of benzene rings is 1. The highest BCUT2D eigenvalue weighted by Crippen LogP contribution is 2.36. The molecule has 0 saturated heterocycles. The number of Topliss-reactive ketones (excluding diaryl/α,β-unsaturated/α-hetero) is 1. The highest BCUT2D eigenvalue weighted by Gasteiger charge is 2.28. The van der Waals surface area contributed by atoms with Crippen molar-refractivity contribution in [3.63, 3.8) is 0 Å². The second kappa shape index (κ2) is 10.4. The molecule has 3 rings (SSSR count). The molecule has 6 nitrogen and oxygen atoms in total. The molecule has 1 N–H and O–H groups in total. The minimum absolute atomic E-state index is 0.111. The molecule has 1 unspecified atom stereocenters. The SMILES string of the molecule is CCOC(=O)C(=O)c1cnc(NC(=O)C(CC2CCCC2)c2ccc(Cl)c(Cl)c2)s1. The number of hydrogen-bond donors (Lipinski definition) is 1. The largest absolute Gasteiger partial charge is 0.460 e. The highest BCUT2D eigenvalue weighted by molar-refractivity contribution is 7.18. The molecule has 1 amide bonds. The summed E-state index contributed by atoms with van der Waals surface area (Å²) >= 11 is 13.2. The Kier molecular flexibility index (Phi) is 7.86. The van der Waals surface area contributed by atoms with Gasteiger partial charge < -0.3 is 10.1 Å². The summed E-state index contributed by atoms with van der Waals surface area (Å²) in [5, 5.41) is 3.87. The third-order valence-electron chi connectivity index (χ3n) is 5.13. The number of halogens is 2. The summed E-state index contributed by atoms with van der Waals surface area (Å²) in [6.45, 7) is 1.73. The predicted octanol–water partition coefficient (Wildman–Crippen LogP) is 5.50. The predicted molar refractivity (Wildman–Crippen MR) is 117 cm³/mol. The van der Waals surface area contributed by atoms with Crippen LogP contribution < -0.4 is 5.32 Å². The van der Waals surface area contributed by atoms with Crippen LogP contribution in [0.1, 0.15) is 60.2 Å². The van der Waals surface area contributed by atoms with Crippen LogP contribution >= 0.6 is 34.5 Å². The second-order valence-electron chi connectivity index (χ2n) is 7.18. The number of amides is 1. The van der Waals surface area contributed by atoms with E-state index in [-0.39, 0.29) is 22.5 Å². The quantitative estimate of drug-likeness (QED) is 0.314. The Balaban J connectivity index is 1.77. The van der Waals surface area contributed by atoms with E-state index < -0.39 is 17.7 Å². The molecule has 1 heterocycles. The number of rotatable bonds is 8. The maximum Gasteiger partial charge on any atom is 0.380 e. The first-order valence-corrected chi connectivity index (χ1v) is 11.4. The molecule has 0 aliphatic heterocycles. The van der Waals surface area contributed by atoms with E-state index in [0.717, 1.165) is 29.7 Å². The summed E-state index contributed by atoms with van der Waals surface area (Å²) in [5.41, 5.74) is 0.785. The Bertz CT molecular complexity index is 941. The van der Waals surface area contributed by atoms with Crippen molar-refractivity contribution in [3.8, 4) is 0 Å². The van der Waals surface area contributed by atoms with Crippen molar-refractivity contribution in [2.45, 2.75) is 44.9 Å². The van der Waals surface area contributed by atoms with Crippen molar-refractivity contribution in [2.75, 3.05) is 11.9 Å². The fraction of sp³-hybridized carbons (Fsp3) is 0.429. The van der Waals surface area contributed by atoms with E-state index in [1.54, 1.807) is 19.1 Å². The third-order valence-corrected chi connectivity index (χ3v) is 6.78. The number of aromatic nitrogens is 1. The Morgan fingerprint density at radius 2 is 1.97 bits per heavy atom. The van der Waals surface area contributed by atoms with Gasteiger partial charge in [-0.05, 0) is 37.0 Å². The van der Waals surface area contributed by atoms with E-state index in [1.165, 1.54) is 19.0 Å². The van der Waals surface area contributed by atoms with Gasteiger partial charge in [0.1, 0.15) is 4.88 Å². The maximum absolute atomic E-state index is 13.1. The zero-order valence-electron chi connectivity index (χ0n) is 16.5. The van der Waals surface area contributed by atoms with Crippen molar-refractivity contribution in [3.05, 3.63) is 44.9 Å². The van der Waals surface area contributed by atoms with E-state index in [4.69, 9.17) is 27.9 Å². The molecule has 0 bridgehead atoms. The number of anilines is 1. The van der Waals surface area contributed by atoms with Crippen LogP contribution in [0.2, 0.25) is 10.0 Å². The zero-order valence-corrected chi connectivity index (χ0v) is 18.8. The van der Waals surface area contributed by atoms with Gasteiger partial charge in [0.25, 0.3) is 5.78 Å². The number of nitrogens with one attached hydrogen (secondary N) is 1. The topological polar surface area (TPSA) is 85.4 Å². The van der Waals surface area contributed by atoms with Crippen molar-refractivity contribution < 1.29 is 19.1 Å². The summed E-state index contributed by atoms with van der Waals surface area (Å²) in [7, 11) is 0. The van der Waals surface area contributed by atoms with Crippen molar-refractivity contribution in [1.82, 2.24) is 4.98 Å². The number of hydrogen-bond acceptors (Lipinski definition) is 6. The lowest BCUT2D eigenvalue weighted by molar-refractivity contribution is -0.137. The van der Waals surface area contributed by atoms with E-state index >= 15 is 0 Å². The molecule has 9 heteroatoms. The van der Waals surface area contributed by atoms with E-state index in [2.05, 4.69) is 10.3 Å². The van der Waals surface area contributed by atoms with Gasteiger partial charge in [-0.25, -0.2) is 9.78 Å².